The number of hydrogen-bond acceptors (Lipinski definition) is 3. The fourth-order valence-corrected chi connectivity index (χ4v) is 2.44. The Balaban J connectivity index is 1.92. The van der Waals surface area contributed by atoms with Gasteiger partial charge in [-0.25, -0.2) is 0 Å². The second-order valence-electron chi connectivity index (χ2n) is 4.53. The maximum Gasteiger partial charge on any atom is 0.320 e. The number of halogens is 1. The van der Waals surface area contributed by atoms with Crippen molar-refractivity contribution in [3.8, 4) is 0 Å². The van der Waals surface area contributed by atoms with Gasteiger partial charge in [-0.1, -0.05) is 17.7 Å². The van der Waals surface area contributed by atoms with Crippen LogP contribution in [-0.4, -0.2) is 41.0 Å². The molecule has 1 aliphatic heterocycles. The maximum absolute atomic E-state index is 11.9. The van der Waals surface area contributed by atoms with E-state index >= 15 is 0 Å². The monoisotopic (exact) mass is 282 g/mol. The van der Waals surface area contributed by atoms with Crippen molar-refractivity contribution in [1.82, 2.24) is 4.90 Å². The topological polar surface area (TPSA) is 69.6 Å². The van der Waals surface area contributed by atoms with Gasteiger partial charge in [-0.05, 0) is 37.6 Å². The van der Waals surface area contributed by atoms with E-state index in [-0.39, 0.29) is 12.5 Å². The van der Waals surface area contributed by atoms with Crippen molar-refractivity contribution in [2.45, 2.75) is 18.9 Å². The number of rotatable bonds is 4. The van der Waals surface area contributed by atoms with Crippen LogP contribution in [0.25, 0.3) is 0 Å². The summed E-state index contributed by atoms with van der Waals surface area (Å²) in [4.78, 5) is 24.5. The summed E-state index contributed by atoms with van der Waals surface area (Å²) in [6.07, 6.45) is 1.40. The zero-order valence-electron chi connectivity index (χ0n) is 10.3. The Morgan fingerprint density at radius 1 is 1.47 bits per heavy atom. The number of amides is 1. The highest BCUT2D eigenvalue weighted by molar-refractivity contribution is 6.30. The molecule has 19 heavy (non-hydrogen) atoms. The minimum absolute atomic E-state index is 0.0868. The fourth-order valence-electron chi connectivity index (χ4n) is 2.25. The molecular formula is C13H15ClN2O3. The number of hydrogen-bond donors (Lipinski definition) is 2. The number of nitrogens with zero attached hydrogens (tertiary/aromatic N) is 1. The quantitative estimate of drug-likeness (QED) is 0.884. The van der Waals surface area contributed by atoms with E-state index in [4.69, 9.17) is 16.7 Å². The molecule has 1 fully saturated rings. The number of carboxylic acid groups (broad SMARTS) is 1. The molecule has 1 heterocycles. The minimum atomic E-state index is -0.868. The third kappa shape index (κ3) is 3.68. The van der Waals surface area contributed by atoms with Crippen LogP contribution in [0.4, 0.5) is 5.69 Å². The summed E-state index contributed by atoms with van der Waals surface area (Å²) in [5.74, 6) is -1.09. The molecule has 1 amide bonds. The van der Waals surface area contributed by atoms with Crippen LogP contribution in [0.2, 0.25) is 5.02 Å². The van der Waals surface area contributed by atoms with E-state index in [0.717, 1.165) is 6.42 Å². The molecule has 0 aromatic heterocycles. The largest absolute Gasteiger partial charge is 0.480 e. The average Bonchev–Trinajstić information content (AvgIpc) is 2.76. The van der Waals surface area contributed by atoms with E-state index in [1.54, 1.807) is 29.2 Å². The number of carboxylic acids is 1. The Bertz CT molecular complexity index is 493. The maximum atomic E-state index is 11.9. The van der Waals surface area contributed by atoms with Crippen LogP contribution in [-0.2, 0) is 9.59 Å². The number of benzene rings is 1. The number of carbonyl (C=O) groups excluding carboxylic acids is 1. The smallest absolute Gasteiger partial charge is 0.320 e. The van der Waals surface area contributed by atoms with Crippen molar-refractivity contribution >= 4 is 29.2 Å². The first kappa shape index (κ1) is 13.8. The molecule has 0 bridgehead atoms. The van der Waals surface area contributed by atoms with Crippen molar-refractivity contribution < 1.29 is 14.7 Å². The van der Waals surface area contributed by atoms with Gasteiger partial charge >= 0.3 is 5.97 Å². The molecule has 1 saturated heterocycles. The van der Waals surface area contributed by atoms with Crippen LogP contribution in [0.15, 0.2) is 24.3 Å². The summed E-state index contributed by atoms with van der Waals surface area (Å²) in [5.41, 5.74) is 0.614. The lowest BCUT2D eigenvalue weighted by molar-refractivity contribution is -0.142. The molecular weight excluding hydrogens is 268 g/mol. The Morgan fingerprint density at radius 2 is 2.26 bits per heavy atom. The Kier molecular flexibility index (Phi) is 4.39. The van der Waals surface area contributed by atoms with E-state index in [1.807, 2.05) is 0 Å². The van der Waals surface area contributed by atoms with Crippen LogP contribution in [0, 0.1) is 0 Å². The van der Waals surface area contributed by atoms with Crippen molar-refractivity contribution in [1.29, 1.82) is 0 Å². The van der Waals surface area contributed by atoms with E-state index in [0.29, 0.717) is 23.7 Å². The van der Waals surface area contributed by atoms with Crippen LogP contribution in [0.3, 0.4) is 0 Å². The predicted molar refractivity (Wildman–Crippen MR) is 72.3 cm³/mol. The van der Waals surface area contributed by atoms with Crippen molar-refractivity contribution in [2.75, 3.05) is 18.4 Å². The fraction of sp³-hybridized carbons (Fsp3) is 0.385. The Labute approximate surface area is 116 Å². The molecule has 0 saturated carbocycles. The lowest BCUT2D eigenvalue weighted by Gasteiger charge is -2.20. The van der Waals surface area contributed by atoms with Gasteiger partial charge in [-0.15, -0.1) is 0 Å². The van der Waals surface area contributed by atoms with Crippen molar-refractivity contribution in [2.24, 2.45) is 0 Å². The summed E-state index contributed by atoms with van der Waals surface area (Å²) in [7, 11) is 0. The second kappa shape index (κ2) is 6.04. The SMILES string of the molecule is O=C(CN1CCCC1C(=O)O)Nc1cccc(Cl)c1. The first-order valence-electron chi connectivity index (χ1n) is 6.08. The summed E-state index contributed by atoms with van der Waals surface area (Å²) < 4.78 is 0. The summed E-state index contributed by atoms with van der Waals surface area (Å²) in [6, 6.07) is 6.30. The van der Waals surface area contributed by atoms with Gasteiger partial charge in [0.25, 0.3) is 0 Å². The summed E-state index contributed by atoms with van der Waals surface area (Å²) in [5, 5.41) is 12.3. The third-order valence-electron chi connectivity index (χ3n) is 3.10. The average molecular weight is 283 g/mol. The van der Waals surface area contributed by atoms with Crippen molar-refractivity contribution in [3.63, 3.8) is 0 Å². The van der Waals surface area contributed by atoms with Crippen LogP contribution < -0.4 is 5.32 Å². The molecule has 1 aromatic rings. The van der Waals surface area contributed by atoms with E-state index < -0.39 is 12.0 Å². The first-order chi connectivity index (χ1) is 9.06. The van der Waals surface area contributed by atoms with Gasteiger partial charge < -0.3 is 10.4 Å². The first-order valence-corrected chi connectivity index (χ1v) is 6.46. The number of aliphatic carboxylic acids is 1. The number of nitrogens with one attached hydrogen (secondary N) is 1. The summed E-state index contributed by atoms with van der Waals surface area (Å²) in [6.45, 7) is 0.726. The molecule has 1 aromatic carbocycles. The number of likely N-dealkylation sites (tertiary alicyclic amines) is 1. The van der Waals surface area contributed by atoms with E-state index in [2.05, 4.69) is 5.32 Å². The zero-order valence-corrected chi connectivity index (χ0v) is 11.1. The normalized spacial score (nSPS) is 19.3. The van der Waals surface area contributed by atoms with Crippen LogP contribution >= 0.6 is 11.6 Å². The minimum Gasteiger partial charge on any atom is -0.480 e. The molecule has 2 N–H and O–H groups in total. The third-order valence-corrected chi connectivity index (χ3v) is 3.34. The van der Waals surface area contributed by atoms with Gasteiger partial charge in [0.2, 0.25) is 5.91 Å². The van der Waals surface area contributed by atoms with Crippen molar-refractivity contribution in [3.05, 3.63) is 29.3 Å². The molecule has 1 aliphatic rings. The number of carbonyl (C=O) groups is 2. The molecule has 0 spiro atoms. The van der Waals surface area contributed by atoms with Gasteiger partial charge in [-0.2, -0.15) is 0 Å². The zero-order chi connectivity index (χ0) is 13.8. The molecule has 2 rings (SSSR count). The van der Waals surface area contributed by atoms with Gasteiger partial charge in [0.05, 0.1) is 6.54 Å². The van der Waals surface area contributed by atoms with Gasteiger partial charge in [0, 0.05) is 10.7 Å². The van der Waals surface area contributed by atoms with Gasteiger partial charge in [0.1, 0.15) is 6.04 Å². The molecule has 102 valence electrons. The lowest BCUT2D eigenvalue weighted by atomic mass is 10.2. The highest BCUT2D eigenvalue weighted by atomic mass is 35.5. The molecule has 1 unspecified atom stereocenters. The summed E-state index contributed by atoms with van der Waals surface area (Å²) >= 11 is 5.82. The second-order valence-corrected chi connectivity index (χ2v) is 4.96. The predicted octanol–water partition coefficient (Wildman–Crippen LogP) is 1.83. The molecule has 0 radical (unpaired) electrons. The molecule has 1 atom stereocenters. The highest BCUT2D eigenvalue weighted by Gasteiger charge is 2.31. The number of anilines is 1. The Morgan fingerprint density at radius 3 is 2.95 bits per heavy atom. The van der Waals surface area contributed by atoms with Crippen LogP contribution in [0.1, 0.15) is 12.8 Å². The van der Waals surface area contributed by atoms with Gasteiger partial charge in [-0.3, -0.25) is 14.5 Å². The standard InChI is InChI=1S/C13H15ClN2O3/c14-9-3-1-4-10(7-9)15-12(17)8-16-6-2-5-11(16)13(18)19/h1,3-4,7,11H,2,5-6,8H2,(H,15,17)(H,18,19). The molecule has 0 aliphatic carbocycles. The van der Waals surface area contributed by atoms with E-state index in [9.17, 15) is 9.59 Å². The van der Waals surface area contributed by atoms with Gasteiger partial charge in [0.15, 0.2) is 0 Å². The van der Waals surface area contributed by atoms with Crippen LogP contribution in [0.5, 0.6) is 0 Å². The molecule has 5 nitrogen and oxygen atoms in total. The molecule has 6 heteroatoms. The highest BCUT2D eigenvalue weighted by Crippen LogP contribution is 2.18. The lowest BCUT2D eigenvalue weighted by Crippen LogP contribution is -2.40. The van der Waals surface area contributed by atoms with E-state index in [1.165, 1.54) is 0 Å². The Hall–Kier alpha value is -1.59.